The summed E-state index contributed by atoms with van der Waals surface area (Å²) in [6, 6.07) is 11.2. The molecule has 0 aliphatic carbocycles. The number of nitrogens with zero attached hydrogens (tertiary/aromatic N) is 2. The van der Waals surface area contributed by atoms with Gasteiger partial charge in [-0.1, -0.05) is 12.1 Å². The Labute approximate surface area is 166 Å². The molecule has 0 saturated carbocycles. The van der Waals surface area contributed by atoms with Crippen LogP contribution in [0.4, 0.5) is 0 Å². The van der Waals surface area contributed by atoms with Crippen molar-refractivity contribution in [2.75, 3.05) is 19.7 Å². The molecule has 2 aliphatic rings. The molecule has 150 valence electrons. The van der Waals surface area contributed by atoms with E-state index in [1.54, 1.807) is 18.3 Å². The Balaban J connectivity index is 1.38. The van der Waals surface area contributed by atoms with Crippen LogP contribution >= 0.6 is 0 Å². The van der Waals surface area contributed by atoms with Gasteiger partial charge in [-0.05, 0) is 55.7 Å². The molecule has 1 spiro atoms. The van der Waals surface area contributed by atoms with Gasteiger partial charge in [-0.3, -0.25) is 4.98 Å². The SMILES string of the molecule is Cc1cc(C)cc(S(=O)(=O)N2CC3(C[C@H](OCc4ccccn4)CCO3)C2)c1. The molecule has 0 bridgehead atoms. The van der Waals surface area contributed by atoms with Gasteiger partial charge in [0, 0.05) is 32.3 Å². The molecule has 0 N–H and O–H groups in total. The minimum atomic E-state index is -3.49. The molecule has 7 heteroatoms. The zero-order valence-corrected chi connectivity index (χ0v) is 17.1. The summed E-state index contributed by atoms with van der Waals surface area (Å²) in [5.41, 5.74) is 2.37. The fourth-order valence-corrected chi connectivity index (χ4v) is 5.81. The van der Waals surface area contributed by atoms with Crippen LogP contribution in [0, 0.1) is 13.8 Å². The summed E-state index contributed by atoms with van der Waals surface area (Å²) in [4.78, 5) is 4.64. The molecule has 3 heterocycles. The van der Waals surface area contributed by atoms with E-state index in [2.05, 4.69) is 4.98 Å². The molecule has 4 rings (SSSR count). The van der Waals surface area contributed by atoms with Gasteiger partial charge < -0.3 is 9.47 Å². The Morgan fingerprint density at radius 2 is 1.96 bits per heavy atom. The predicted molar refractivity (Wildman–Crippen MR) is 105 cm³/mol. The van der Waals surface area contributed by atoms with Crippen LogP contribution in [0.2, 0.25) is 0 Å². The second-order valence-electron chi connectivity index (χ2n) is 7.87. The number of aryl methyl sites for hydroxylation is 2. The van der Waals surface area contributed by atoms with E-state index in [4.69, 9.17) is 9.47 Å². The summed E-state index contributed by atoms with van der Waals surface area (Å²) in [6.07, 6.45) is 3.34. The number of hydrogen-bond donors (Lipinski definition) is 0. The van der Waals surface area contributed by atoms with Crippen molar-refractivity contribution in [1.29, 1.82) is 0 Å². The summed E-state index contributed by atoms with van der Waals surface area (Å²) in [7, 11) is -3.49. The summed E-state index contributed by atoms with van der Waals surface area (Å²) in [5, 5.41) is 0. The largest absolute Gasteiger partial charge is 0.372 e. The normalized spacial score (nSPS) is 22.1. The van der Waals surface area contributed by atoms with Gasteiger partial charge in [0.25, 0.3) is 0 Å². The molecular weight excluding hydrogens is 376 g/mol. The molecular formula is C21H26N2O4S. The van der Waals surface area contributed by atoms with Crippen LogP contribution in [0.3, 0.4) is 0 Å². The minimum Gasteiger partial charge on any atom is -0.372 e. The Hall–Kier alpha value is -1.80. The predicted octanol–water partition coefficient (Wildman–Crippen LogP) is 2.84. The van der Waals surface area contributed by atoms with Gasteiger partial charge in [0.1, 0.15) is 0 Å². The van der Waals surface area contributed by atoms with Crippen molar-refractivity contribution in [3.05, 3.63) is 59.4 Å². The van der Waals surface area contributed by atoms with Crippen LogP contribution in [0.15, 0.2) is 47.5 Å². The maximum Gasteiger partial charge on any atom is 0.243 e. The van der Waals surface area contributed by atoms with Crippen molar-refractivity contribution < 1.29 is 17.9 Å². The molecule has 1 aromatic heterocycles. The van der Waals surface area contributed by atoms with Gasteiger partial charge >= 0.3 is 0 Å². The average molecular weight is 403 g/mol. The van der Waals surface area contributed by atoms with Crippen LogP contribution in [0.1, 0.15) is 29.7 Å². The average Bonchev–Trinajstić information content (AvgIpc) is 2.64. The standard InChI is InChI=1S/C21H26N2O4S/c1-16-9-17(2)11-20(10-16)28(24,25)23-14-21(15-23)12-19(6-8-27-21)26-13-18-5-3-4-7-22-18/h3-5,7,9-11,19H,6,8,12-15H2,1-2H3/t19-/m1/s1. The fraction of sp³-hybridized carbons (Fsp3) is 0.476. The number of ether oxygens (including phenoxy) is 2. The highest BCUT2D eigenvalue weighted by molar-refractivity contribution is 7.89. The lowest BCUT2D eigenvalue weighted by molar-refractivity contribution is -0.180. The highest BCUT2D eigenvalue weighted by Gasteiger charge is 2.52. The van der Waals surface area contributed by atoms with Crippen molar-refractivity contribution in [2.24, 2.45) is 0 Å². The smallest absolute Gasteiger partial charge is 0.243 e. The minimum absolute atomic E-state index is 0.0572. The lowest BCUT2D eigenvalue weighted by Crippen LogP contribution is -2.67. The van der Waals surface area contributed by atoms with E-state index in [1.165, 1.54) is 4.31 Å². The number of aromatic nitrogens is 1. The summed E-state index contributed by atoms with van der Waals surface area (Å²) in [6.45, 7) is 5.64. The second-order valence-corrected chi connectivity index (χ2v) is 9.81. The summed E-state index contributed by atoms with van der Waals surface area (Å²) in [5.74, 6) is 0. The summed E-state index contributed by atoms with van der Waals surface area (Å²) >= 11 is 0. The molecule has 2 aromatic rings. The first-order valence-corrected chi connectivity index (χ1v) is 11.0. The monoisotopic (exact) mass is 402 g/mol. The lowest BCUT2D eigenvalue weighted by Gasteiger charge is -2.52. The number of benzene rings is 1. The number of sulfonamides is 1. The van der Waals surface area contributed by atoms with Crippen LogP contribution in [0.5, 0.6) is 0 Å². The zero-order valence-electron chi connectivity index (χ0n) is 16.3. The van der Waals surface area contributed by atoms with Crippen LogP contribution < -0.4 is 0 Å². The highest BCUT2D eigenvalue weighted by atomic mass is 32.2. The Kier molecular flexibility index (Phi) is 5.26. The van der Waals surface area contributed by atoms with E-state index in [0.717, 1.165) is 23.2 Å². The van der Waals surface area contributed by atoms with Gasteiger partial charge in [0.15, 0.2) is 0 Å². The first-order chi connectivity index (χ1) is 13.4. The highest BCUT2D eigenvalue weighted by Crippen LogP contribution is 2.38. The third-order valence-electron chi connectivity index (χ3n) is 5.40. The van der Waals surface area contributed by atoms with Crippen molar-refractivity contribution in [2.45, 2.75) is 49.9 Å². The van der Waals surface area contributed by atoms with Gasteiger partial charge in [-0.25, -0.2) is 8.42 Å². The van der Waals surface area contributed by atoms with Crippen LogP contribution in [-0.2, 0) is 26.1 Å². The third kappa shape index (κ3) is 3.98. The lowest BCUT2D eigenvalue weighted by atomic mass is 9.86. The van der Waals surface area contributed by atoms with Gasteiger partial charge in [-0.2, -0.15) is 4.31 Å². The fourth-order valence-electron chi connectivity index (χ4n) is 4.03. The summed E-state index contributed by atoms with van der Waals surface area (Å²) < 4.78 is 39.5. The van der Waals surface area contributed by atoms with Gasteiger partial charge in [0.05, 0.1) is 28.9 Å². The third-order valence-corrected chi connectivity index (χ3v) is 7.17. The quantitative estimate of drug-likeness (QED) is 0.769. The number of pyridine rings is 1. The van der Waals surface area contributed by atoms with E-state index < -0.39 is 15.6 Å². The van der Waals surface area contributed by atoms with E-state index in [-0.39, 0.29) is 6.10 Å². The zero-order chi connectivity index (χ0) is 19.8. The Morgan fingerprint density at radius 3 is 2.64 bits per heavy atom. The molecule has 28 heavy (non-hydrogen) atoms. The topological polar surface area (TPSA) is 68.7 Å². The molecule has 0 unspecified atom stereocenters. The Bertz CT molecular complexity index is 920. The van der Waals surface area contributed by atoms with E-state index >= 15 is 0 Å². The number of rotatable bonds is 5. The van der Waals surface area contributed by atoms with Crippen LogP contribution in [0.25, 0.3) is 0 Å². The molecule has 1 atom stereocenters. The molecule has 0 radical (unpaired) electrons. The van der Waals surface area contributed by atoms with Crippen LogP contribution in [-0.4, -0.2) is 49.1 Å². The molecule has 2 saturated heterocycles. The maximum atomic E-state index is 13.0. The molecule has 2 fully saturated rings. The second kappa shape index (κ2) is 7.55. The van der Waals surface area contributed by atoms with Gasteiger partial charge in [-0.15, -0.1) is 0 Å². The Morgan fingerprint density at radius 1 is 1.21 bits per heavy atom. The molecule has 1 aromatic carbocycles. The van der Waals surface area contributed by atoms with Crippen molar-refractivity contribution >= 4 is 10.0 Å². The van der Waals surface area contributed by atoms with E-state index in [0.29, 0.717) is 37.6 Å². The van der Waals surface area contributed by atoms with Crippen molar-refractivity contribution in [1.82, 2.24) is 9.29 Å². The molecule has 2 aliphatic heterocycles. The first-order valence-electron chi connectivity index (χ1n) is 9.60. The van der Waals surface area contributed by atoms with Crippen molar-refractivity contribution in [3.8, 4) is 0 Å². The number of hydrogen-bond acceptors (Lipinski definition) is 5. The van der Waals surface area contributed by atoms with Crippen molar-refractivity contribution in [3.63, 3.8) is 0 Å². The first kappa shape index (κ1) is 19.5. The van der Waals surface area contributed by atoms with E-state index in [1.807, 2.05) is 38.1 Å². The van der Waals surface area contributed by atoms with E-state index in [9.17, 15) is 8.42 Å². The molecule has 0 amide bonds. The van der Waals surface area contributed by atoms with Gasteiger partial charge in [0.2, 0.25) is 10.0 Å². The molecule has 6 nitrogen and oxygen atoms in total. The maximum absolute atomic E-state index is 13.0.